The number of nitrogens with zero attached hydrogens (tertiary/aromatic N) is 2. The van der Waals surface area contributed by atoms with Gasteiger partial charge in [0, 0.05) is 20.1 Å². The summed E-state index contributed by atoms with van der Waals surface area (Å²) in [5, 5.41) is 18.2. The van der Waals surface area contributed by atoms with Crippen molar-refractivity contribution in [2.24, 2.45) is 0 Å². The molecule has 0 spiro atoms. The third-order valence-electron chi connectivity index (χ3n) is 2.92. The van der Waals surface area contributed by atoms with Crippen molar-refractivity contribution in [3.63, 3.8) is 0 Å². The zero-order valence-electron chi connectivity index (χ0n) is 11.7. The smallest absolute Gasteiger partial charge is 0.337 e. The van der Waals surface area contributed by atoms with Crippen LogP contribution in [0, 0.1) is 0 Å². The number of carbonyl (C=O) groups excluding carboxylic acids is 1. The van der Waals surface area contributed by atoms with Crippen molar-refractivity contribution in [1.82, 2.24) is 4.90 Å². The summed E-state index contributed by atoms with van der Waals surface area (Å²) in [7, 11) is 1.53. The van der Waals surface area contributed by atoms with Gasteiger partial charge in [0.2, 0.25) is 0 Å². The summed E-state index contributed by atoms with van der Waals surface area (Å²) in [4.78, 5) is 26.3. The van der Waals surface area contributed by atoms with Crippen LogP contribution >= 0.6 is 0 Å². The van der Waals surface area contributed by atoms with Gasteiger partial charge in [0.1, 0.15) is 0 Å². The molecule has 0 aliphatic rings. The van der Waals surface area contributed by atoms with E-state index in [0.717, 1.165) is 6.42 Å². The van der Waals surface area contributed by atoms with Gasteiger partial charge in [0.25, 0.3) is 0 Å². The minimum Gasteiger partial charge on any atom is -0.478 e. The molecule has 110 valence electrons. The predicted octanol–water partition coefficient (Wildman–Crippen LogP) is 1.65. The average Bonchev–Trinajstić information content (AvgIpc) is 2.45. The zero-order chi connectivity index (χ0) is 15.1. The molecule has 0 fully saturated rings. The highest BCUT2D eigenvalue weighted by Gasteiger charge is 2.21. The van der Waals surface area contributed by atoms with Crippen molar-refractivity contribution >= 4 is 17.7 Å². The van der Waals surface area contributed by atoms with E-state index in [0.29, 0.717) is 12.2 Å². The van der Waals surface area contributed by atoms with Crippen LogP contribution in [0.3, 0.4) is 0 Å². The van der Waals surface area contributed by atoms with Gasteiger partial charge >= 0.3 is 12.0 Å². The monoisotopic (exact) mass is 280 g/mol. The van der Waals surface area contributed by atoms with E-state index in [1.165, 1.54) is 22.9 Å². The Bertz CT molecular complexity index is 470. The van der Waals surface area contributed by atoms with Crippen molar-refractivity contribution in [2.45, 2.75) is 13.3 Å². The molecule has 6 heteroatoms. The summed E-state index contributed by atoms with van der Waals surface area (Å²) in [6, 6.07) is 6.02. The van der Waals surface area contributed by atoms with Crippen molar-refractivity contribution in [2.75, 3.05) is 31.6 Å². The lowest BCUT2D eigenvalue weighted by atomic mass is 10.1. The minimum absolute atomic E-state index is 0.0730. The number of hydrogen-bond acceptors (Lipinski definition) is 3. The second-order valence-corrected chi connectivity index (χ2v) is 4.37. The Labute approximate surface area is 118 Å². The van der Waals surface area contributed by atoms with E-state index in [9.17, 15) is 9.59 Å². The molecule has 2 amide bonds. The van der Waals surface area contributed by atoms with Crippen LogP contribution in [0.5, 0.6) is 0 Å². The third-order valence-corrected chi connectivity index (χ3v) is 2.92. The number of benzene rings is 1. The number of urea groups is 1. The largest absolute Gasteiger partial charge is 0.478 e. The van der Waals surface area contributed by atoms with Crippen LogP contribution in [0.25, 0.3) is 0 Å². The number of aliphatic hydroxyl groups is 1. The van der Waals surface area contributed by atoms with Crippen molar-refractivity contribution in [3.05, 3.63) is 29.8 Å². The SMILES string of the molecule is CCCN(CCO)C(=O)N(C)c1ccccc1C(=O)O. The Morgan fingerprint density at radius 1 is 1.20 bits per heavy atom. The number of para-hydroxylation sites is 1. The lowest BCUT2D eigenvalue weighted by Crippen LogP contribution is -2.43. The lowest BCUT2D eigenvalue weighted by Gasteiger charge is -2.28. The molecule has 0 radical (unpaired) electrons. The summed E-state index contributed by atoms with van der Waals surface area (Å²) in [5.41, 5.74) is 0.410. The fraction of sp³-hybridized carbons (Fsp3) is 0.429. The van der Waals surface area contributed by atoms with Gasteiger partial charge < -0.3 is 15.1 Å². The first-order chi connectivity index (χ1) is 9.52. The number of anilines is 1. The van der Waals surface area contributed by atoms with Crippen LogP contribution in [0.1, 0.15) is 23.7 Å². The van der Waals surface area contributed by atoms with E-state index in [-0.39, 0.29) is 24.7 Å². The van der Waals surface area contributed by atoms with Gasteiger partial charge in [-0.1, -0.05) is 19.1 Å². The second-order valence-electron chi connectivity index (χ2n) is 4.37. The average molecular weight is 280 g/mol. The van der Waals surface area contributed by atoms with Gasteiger partial charge in [-0.05, 0) is 18.6 Å². The molecule has 1 aromatic carbocycles. The number of carboxylic acid groups (broad SMARTS) is 1. The lowest BCUT2D eigenvalue weighted by molar-refractivity contribution is 0.0697. The normalized spacial score (nSPS) is 10.2. The van der Waals surface area contributed by atoms with Crippen LogP contribution in [-0.2, 0) is 0 Å². The van der Waals surface area contributed by atoms with Crippen molar-refractivity contribution in [3.8, 4) is 0 Å². The first-order valence-corrected chi connectivity index (χ1v) is 6.48. The molecule has 0 aromatic heterocycles. The number of rotatable bonds is 6. The molecule has 6 nitrogen and oxygen atoms in total. The number of carbonyl (C=O) groups is 2. The predicted molar refractivity (Wildman–Crippen MR) is 76.2 cm³/mol. The highest BCUT2D eigenvalue weighted by atomic mass is 16.4. The maximum atomic E-state index is 12.3. The zero-order valence-corrected chi connectivity index (χ0v) is 11.7. The van der Waals surface area contributed by atoms with E-state index in [2.05, 4.69) is 0 Å². The highest BCUT2D eigenvalue weighted by Crippen LogP contribution is 2.20. The maximum absolute atomic E-state index is 12.3. The molecule has 0 atom stereocenters. The first kappa shape index (κ1) is 16.0. The topological polar surface area (TPSA) is 81.1 Å². The molecule has 0 saturated carbocycles. The second kappa shape index (κ2) is 7.49. The third kappa shape index (κ3) is 3.71. The Kier molecular flexibility index (Phi) is 5.99. The number of aromatic carboxylic acids is 1. The fourth-order valence-electron chi connectivity index (χ4n) is 1.96. The summed E-state index contributed by atoms with van der Waals surface area (Å²) in [6.07, 6.45) is 0.764. The van der Waals surface area contributed by atoms with Gasteiger partial charge in [0.05, 0.1) is 17.9 Å². The Morgan fingerprint density at radius 3 is 2.40 bits per heavy atom. The molecule has 1 rings (SSSR count). The Hall–Kier alpha value is -2.08. The summed E-state index contributed by atoms with van der Waals surface area (Å²) < 4.78 is 0. The van der Waals surface area contributed by atoms with Crippen LogP contribution < -0.4 is 4.90 Å². The van der Waals surface area contributed by atoms with Gasteiger partial charge in [-0.2, -0.15) is 0 Å². The van der Waals surface area contributed by atoms with E-state index in [1.807, 2.05) is 6.92 Å². The van der Waals surface area contributed by atoms with Crippen molar-refractivity contribution < 1.29 is 19.8 Å². The van der Waals surface area contributed by atoms with Crippen LogP contribution in [0.4, 0.5) is 10.5 Å². The van der Waals surface area contributed by atoms with E-state index < -0.39 is 5.97 Å². The Balaban J connectivity index is 3.01. The molecule has 0 heterocycles. The quantitative estimate of drug-likeness (QED) is 0.830. The number of aliphatic hydroxyl groups excluding tert-OH is 1. The van der Waals surface area contributed by atoms with E-state index >= 15 is 0 Å². The standard InChI is InChI=1S/C14H20N2O4/c1-3-8-16(9-10-17)14(20)15(2)12-7-5-4-6-11(12)13(18)19/h4-7,17H,3,8-10H2,1-2H3,(H,18,19). The van der Waals surface area contributed by atoms with Gasteiger partial charge in [-0.3, -0.25) is 4.90 Å². The summed E-state index contributed by atoms with van der Waals surface area (Å²) in [6.45, 7) is 2.55. The summed E-state index contributed by atoms with van der Waals surface area (Å²) in [5.74, 6) is -1.08. The van der Waals surface area contributed by atoms with Crippen LogP contribution in [0.2, 0.25) is 0 Å². The molecule has 0 aliphatic carbocycles. The highest BCUT2D eigenvalue weighted by molar-refractivity contribution is 6.01. The van der Waals surface area contributed by atoms with Crippen LogP contribution in [0.15, 0.2) is 24.3 Å². The number of carboxylic acids is 1. The molecule has 0 aliphatic heterocycles. The molecule has 2 N–H and O–H groups in total. The minimum atomic E-state index is -1.08. The molecule has 0 saturated heterocycles. The summed E-state index contributed by atoms with van der Waals surface area (Å²) >= 11 is 0. The van der Waals surface area contributed by atoms with Gasteiger partial charge in [0.15, 0.2) is 0 Å². The molecule has 0 unspecified atom stereocenters. The maximum Gasteiger partial charge on any atom is 0.337 e. The van der Waals surface area contributed by atoms with Crippen molar-refractivity contribution in [1.29, 1.82) is 0 Å². The number of amides is 2. The van der Waals surface area contributed by atoms with E-state index in [1.54, 1.807) is 18.2 Å². The fourth-order valence-corrected chi connectivity index (χ4v) is 1.96. The molecule has 1 aromatic rings. The molecular formula is C14H20N2O4. The molecular weight excluding hydrogens is 260 g/mol. The Morgan fingerprint density at radius 2 is 1.85 bits per heavy atom. The van der Waals surface area contributed by atoms with Crippen LogP contribution in [-0.4, -0.2) is 53.9 Å². The molecule has 0 bridgehead atoms. The van der Waals surface area contributed by atoms with Gasteiger partial charge in [-0.15, -0.1) is 0 Å². The molecule has 20 heavy (non-hydrogen) atoms. The number of hydrogen-bond donors (Lipinski definition) is 2. The van der Waals surface area contributed by atoms with E-state index in [4.69, 9.17) is 10.2 Å². The van der Waals surface area contributed by atoms with Gasteiger partial charge in [-0.25, -0.2) is 9.59 Å². The first-order valence-electron chi connectivity index (χ1n) is 6.48.